The summed E-state index contributed by atoms with van der Waals surface area (Å²) in [7, 11) is 0. The first-order valence-corrected chi connectivity index (χ1v) is 8.52. The molecule has 2 heterocycles. The number of aryl methyl sites for hydroxylation is 1. The zero-order valence-electron chi connectivity index (χ0n) is 14.7. The summed E-state index contributed by atoms with van der Waals surface area (Å²) in [6.45, 7) is 2.26. The quantitative estimate of drug-likeness (QED) is 0.788. The lowest BCUT2D eigenvalue weighted by atomic mass is 10.2. The molecular weight excluding hydrogens is 351 g/mol. The van der Waals surface area contributed by atoms with Crippen LogP contribution in [0.15, 0.2) is 42.6 Å². The van der Waals surface area contributed by atoms with Crippen molar-refractivity contribution in [1.29, 1.82) is 0 Å². The zero-order chi connectivity index (χ0) is 19.4. The molecule has 0 radical (unpaired) electrons. The predicted octanol–water partition coefficient (Wildman–Crippen LogP) is 1.07. The molecule has 3 rings (SSSR count). The molecule has 140 valence electrons. The van der Waals surface area contributed by atoms with Crippen LogP contribution in [0.4, 0.5) is 10.1 Å². The van der Waals surface area contributed by atoms with Crippen molar-refractivity contribution in [2.45, 2.75) is 25.9 Å². The first-order chi connectivity index (χ1) is 13.0. The van der Waals surface area contributed by atoms with Crippen molar-refractivity contribution in [3.63, 3.8) is 0 Å². The van der Waals surface area contributed by atoms with E-state index in [1.54, 1.807) is 18.3 Å². The van der Waals surface area contributed by atoms with E-state index in [0.717, 1.165) is 5.56 Å². The zero-order valence-corrected chi connectivity index (χ0v) is 14.7. The maximum atomic E-state index is 13.9. The number of aromatic nitrogens is 1. The number of hydrogen-bond acceptors (Lipinski definition) is 4. The number of halogens is 1. The van der Waals surface area contributed by atoms with Gasteiger partial charge in [-0.2, -0.15) is 0 Å². The van der Waals surface area contributed by atoms with Gasteiger partial charge in [0.25, 0.3) is 0 Å². The smallest absolute Gasteiger partial charge is 0.309 e. The van der Waals surface area contributed by atoms with Crippen molar-refractivity contribution in [3.8, 4) is 0 Å². The van der Waals surface area contributed by atoms with Crippen molar-refractivity contribution in [1.82, 2.24) is 15.6 Å². The van der Waals surface area contributed by atoms with Gasteiger partial charge in [-0.1, -0.05) is 18.2 Å². The molecule has 1 aliphatic heterocycles. The van der Waals surface area contributed by atoms with Gasteiger partial charge in [0.15, 0.2) is 0 Å². The van der Waals surface area contributed by atoms with Crippen molar-refractivity contribution in [2.24, 2.45) is 0 Å². The highest BCUT2D eigenvalue weighted by Crippen LogP contribution is 2.24. The molecule has 7 nitrogen and oxygen atoms in total. The molecule has 0 saturated carbocycles. The van der Waals surface area contributed by atoms with Gasteiger partial charge in [-0.3, -0.25) is 19.4 Å². The van der Waals surface area contributed by atoms with E-state index >= 15 is 0 Å². The van der Waals surface area contributed by atoms with Gasteiger partial charge in [-0.15, -0.1) is 0 Å². The van der Waals surface area contributed by atoms with E-state index in [9.17, 15) is 18.8 Å². The van der Waals surface area contributed by atoms with Gasteiger partial charge < -0.3 is 15.5 Å². The Labute approximate surface area is 155 Å². The Bertz CT molecular complexity index is 870. The van der Waals surface area contributed by atoms with E-state index in [0.29, 0.717) is 12.1 Å². The first-order valence-electron chi connectivity index (χ1n) is 8.52. The molecule has 1 unspecified atom stereocenters. The van der Waals surface area contributed by atoms with E-state index in [1.165, 1.54) is 23.1 Å². The summed E-state index contributed by atoms with van der Waals surface area (Å²) in [6.07, 6.45) is 1.96. The lowest BCUT2D eigenvalue weighted by molar-refractivity contribution is -0.140. The topological polar surface area (TPSA) is 91.4 Å². The van der Waals surface area contributed by atoms with Crippen molar-refractivity contribution < 1.29 is 18.8 Å². The number of anilines is 1. The number of rotatable bonds is 4. The van der Waals surface area contributed by atoms with Gasteiger partial charge in [-0.05, 0) is 37.1 Å². The van der Waals surface area contributed by atoms with E-state index in [2.05, 4.69) is 15.6 Å². The van der Waals surface area contributed by atoms with Crippen LogP contribution in [-0.2, 0) is 20.9 Å². The normalized spacial score (nSPS) is 16.3. The van der Waals surface area contributed by atoms with Crippen LogP contribution in [0, 0.1) is 12.7 Å². The minimum absolute atomic E-state index is 0.104. The molecule has 0 aliphatic carbocycles. The maximum absolute atomic E-state index is 13.9. The first kappa shape index (κ1) is 18.5. The van der Waals surface area contributed by atoms with Gasteiger partial charge in [0.05, 0.1) is 17.9 Å². The largest absolute Gasteiger partial charge is 0.342 e. The number of para-hydroxylation sites is 1. The number of hydrogen-bond donors (Lipinski definition) is 2. The van der Waals surface area contributed by atoms with Crippen molar-refractivity contribution in [3.05, 3.63) is 59.7 Å². The lowest BCUT2D eigenvalue weighted by Crippen LogP contribution is -2.47. The molecule has 1 atom stereocenters. The van der Waals surface area contributed by atoms with E-state index < -0.39 is 29.6 Å². The van der Waals surface area contributed by atoms with Gasteiger partial charge in [-0.25, -0.2) is 4.39 Å². The summed E-state index contributed by atoms with van der Waals surface area (Å²) in [4.78, 5) is 41.8. The fraction of sp³-hybridized carbons (Fsp3) is 0.263. The van der Waals surface area contributed by atoms with Crippen molar-refractivity contribution >= 4 is 23.4 Å². The number of pyridine rings is 1. The van der Waals surface area contributed by atoms with E-state index in [-0.39, 0.29) is 18.8 Å². The molecule has 0 bridgehead atoms. The molecule has 1 aromatic heterocycles. The lowest BCUT2D eigenvalue weighted by Gasteiger charge is -2.17. The van der Waals surface area contributed by atoms with E-state index in [1.807, 2.05) is 13.0 Å². The Morgan fingerprint density at radius 1 is 1.22 bits per heavy atom. The van der Waals surface area contributed by atoms with Crippen molar-refractivity contribution in [2.75, 3.05) is 11.4 Å². The Hall–Kier alpha value is -3.29. The summed E-state index contributed by atoms with van der Waals surface area (Å²) in [5.74, 6) is -2.71. The maximum Gasteiger partial charge on any atom is 0.309 e. The second-order valence-electron chi connectivity index (χ2n) is 6.27. The third-order valence-electron chi connectivity index (χ3n) is 4.26. The molecule has 1 aromatic carbocycles. The molecule has 1 fully saturated rings. The second-order valence-corrected chi connectivity index (χ2v) is 6.27. The summed E-state index contributed by atoms with van der Waals surface area (Å²) < 4.78 is 13.9. The average Bonchev–Trinajstić information content (AvgIpc) is 3.01. The van der Waals surface area contributed by atoms with Crippen LogP contribution in [0.1, 0.15) is 17.7 Å². The Balaban J connectivity index is 1.54. The summed E-state index contributed by atoms with van der Waals surface area (Å²) >= 11 is 0. The minimum Gasteiger partial charge on any atom is -0.342 e. The molecule has 8 heteroatoms. The van der Waals surface area contributed by atoms with Crippen LogP contribution in [-0.4, -0.2) is 35.3 Å². The van der Waals surface area contributed by atoms with Crippen LogP contribution in [0.5, 0.6) is 0 Å². The van der Waals surface area contributed by atoms with E-state index in [4.69, 9.17) is 0 Å². The summed E-state index contributed by atoms with van der Waals surface area (Å²) in [5, 5.41) is 4.87. The fourth-order valence-corrected chi connectivity index (χ4v) is 2.80. The molecule has 2 N–H and O–H groups in total. The highest BCUT2D eigenvalue weighted by molar-refractivity contribution is 6.35. The third kappa shape index (κ3) is 4.28. The Morgan fingerprint density at radius 2 is 2.00 bits per heavy atom. The molecule has 1 saturated heterocycles. The molecule has 0 spiro atoms. The SMILES string of the molecule is Cc1ccc(CNC(=O)C(=O)NC2CCN(c3ccccc3F)C2=O)nc1. The van der Waals surface area contributed by atoms with Gasteiger partial charge in [0, 0.05) is 12.7 Å². The highest BCUT2D eigenvalue weighted by Gasteiger charge is 2.35. The number of nitrogens with one attached hydrogen (secondary N) is 2. The third-order valence-corrected chi connectivity index (χ3v) is 4.26. The van der Waals surface area contributed by atoms with Crippen LogP contribution in [0.25, 0.3) is 0 Å². The highest BCUT2D eigenvalue weighted by atomic mass is 19.1. The number of carbonyl (C=O) groups is 3. The summed E-state index contributed by atoms with van der Waals surface area (Å²) in [6, 6.07) is 8.67. The number of carbonyl (C=O) groups excluding carboxylic acids is 3. The summed E-state index contributed by atoms with van der Waals surface area (Å²) in [5.41, 5.74) is 1.76. The molecule has 3 amide bonds. The molecular formula is C19H19FN4O3. The van der Waals surface area contributed by atoms with Gasteiger partial charge in [0.1, 0.15) is 11.9 Å². The van der Waals surface area contributed by atoms with Crippen LogP contribution < -0.4 is 15.5 Å². The molecule has 2 aromatic rings. The Kier molecular flexibility index (Phi) is 5.44. The van der Waals surface area contributed by atoms with Gasteiger partial charge in [0.2, 0.25) is 5.91 Å². The monoisotopic (exact) mass is 370 g/mol. The van der Waals surface area contributed by atoms with Crippen LogP contribution in [0.2, 0.25) is 0 Å². The molecule has 1 aliphatic rings. The van der Waals surface area contributed by atoms with Gasteiger partial charge >= 0.3 is 11.8 Å². The van der Waals surface area contributed by atoms with Crippen LogP contribution >= 0.6 is 0 Å². The fourth-order valence-electron chi connectivity index (χ4n) is 2.80. The molecule has 27 heavy (non-hydrogen) atoms. The standard InChI is InChI=1S/C19H19FN4O3/c1-12-6-7-13(21-10-12)11-22-17(25)18(26)23-15-8-9-24(19(15)27)16-5-3-2-4-14(16)20/h2-7,10,15H,8-9,11H2,1H3,(H,22,25)(H,23,26). The number of benzene rings is 1. The average molecular weight is 370 g/mol. The minimum atomic E-state index is -0.907. The second kappa shape index (κ2) is 7.94. The Morgan fingerprint density at radius 3 is 2.70 bits per heavy atom. The predicted molar refractivity (Wildman–Crippen MR) is 96.1 cm³/mol. The van der Waals surface area contributed by atoms with Crippen LogP contribution in [0.3, 0.4) is 0 Å². The number of amides is 3. The number of nitrogens with zero attached hydrogens (tertiary/aromatic N) is 2.